The van der Waals surface area contributed by atoms with Crippen LogP contribution in [0.1, 0.15) is 45.4 Å². The van der Waals surface area contributed by atoms with Crippen LogP contribution in [-0.4, -0.2) is 39.9 Å². The second-order valence-electron chi connectivity index (χ2n) is 4.70. The highest BCUT2D eigenvalue weighted by Crippen LogP contribution is 2.36. The molecular weight excluding hydrogens is 270 g/mol. The van der Waals surface area contributed by atoms with Crippen molar-refractivity contribution in [2.45, 2.75) is 55.9 Å². The molecule has 1 saturated heterocycles. The number of unbranched alkanes of at least 4 members (excludes halogenated alkanes) is 3. The topological polar surface area (TPSA) is 40.5 Å². The molecule has 1 aliphatic heterocycles. The van der Waals surface area contributed by atoms with Crippen LogP contribution in [0, 0.1) is 0 Å². The highest BCUT2D eigenvalue weighted by Gasteiger charge is 2.48. The maximum atomic E-state index is 11.9. The van der Waals surface area contributed by atoms with E-state index in [1.54, 1.807) is 11.9 Å². The van der Waals surface area contributed by atoms with Gasteiger partial charge in [0.05, 0.1) is 6.10 Å². The molecule has 1 heterocycles. The lowest BCUT2D eigenvalue weighted by molar-refractivity contribution is -0.130. The van der Waals surface area contributed by atoms with Gasteiger partial charge in [-0.25, -0.2) is 0 Å². The third kappa shape index (κ3) is 2.98. The normalized spacial score (nSPS) is 27.5. The Balaban J connectivity index is 2.40. The second-order valence-corrected chi connectivity index (χ2v) is 6.12. The predicted octanol–water partition coefficient (Wildman–Crippen LogP) is 2.31. The molecule has 2 atom stereocenters. The number of hydrogen-bond acceptors (Lipinski definition) is 2. The third-order valence-corrected chi connectivity index (χ3v) is 4.64. The molecule has 1 N–H and O–H groups in total. The molecule has 1 amide bonds. The van der Waals surface area contributed by atoms with E-state index in [1.807, 2.05) is 0 Å². The summed E-state index contributed by atoms with van der Waals surface area (Å²) in [6, 6.07) is 0. The van der Waals surface area contributed by atoms with Crippen LogP contribution < -0.4 is 0 Å². The van der Waals surface area contributed by atoms with Crippen molar-refractivity contribution in [3.8, 4) is 0 Å². The molecule has 0 radical (unpaired) electrons. The summed E-state index contributed by atoms with van der Waals surface area (Å²) in [5, 5.41) is 10.1. The first-order valence-electron chi connectivity index (χ1n) is 6.15. The average Bonchev–Trinajstić information content (AvgIpc) is 2.53. The zero-order valence-corrected chi connectivity index (χ0v) is 11.8. The summed E-state index contributed by atoms with van der Waals surface area (Å²) >= 11 is 3.45. The number of carbonyl (C=O) groups is 1. The Labute approximate surface area is 106 Å². The number of carbonyl (C=O) groups excluding carboxylic acids is 1. The van der Waals surface area contributed by atoms with Crippen molar-refractivity contribution in [2.24, 2.45) is 0 Å². The Hall–Kier alpha value is -0.0900. The molecule has 0 saturated carbocycles. The van der Waals surface area contributed by atoms with Crippen molar-refractivity contribution < 1.29 is 9.90 Å². The van der Waals surface area contributed by atoms with E-state index >= 15 is 0 Å². The maximum Gasteiger partial charge on any atom is 0.241 e. The van der Waals surface area contributed by atoms with E-state index < -0.39 is 10.4 Å². The summed E-state index contributed by atoms with van der Waals surface area (Å²) in [6.45, 7) is 2.90. The minimum Gasteiger partial charge on any atom is -0.391 e. The zero-order valence-electron chi connectivity index (χ0n) is 10.2. The lowest BCUT2D eigenvalue weighted by Crippen LogP contribution is -2.43. The van der Waals surface area contributed by atoms with Crippen LogP contribution in [0.5, 0.6) is 0 Å². The van der Waals surface area contributed by atoms with Crippen molar-refractivity contribution >= 4 is 21.8 Å². The Morgan fingerprint density at radius 1 is 1.50 bits per heavy atom. The highest BCUT2D eigenvalue weighted by molar-refractivity contribution is 9.10. The van der Waals surface area contributed by atoms with Gasteiger partial charge >= 0.3 is 0 Å². The molecule has 2 unspecified atom stereocenters. The fraction of sp³-hybridized carbons (Fsp3) is 0.917. The van der Waals surface area contributed by atoms with Gasteiger partial charge in [-0.05, 0) is 12.8 Å². The SMILES string of the molecule is CCCCCCC(O)C1(Br)CCN(C)C1=O. The first-order valence-corrected chi connectivity index (χ1v) is 6.94. The van der Waals surface area contributed by atoms with Crippen LogP contribution in [0.3, 0.4) is 0 Å². The van der Waals surface area contributed by atoms with Crippen molar-refractivity contribution in [3.05, 3.63) is 0 Å². The molecular formula is C12H22BrNO2. The van der Waals surface area contributed by atoms with Gasteiger partial charge in [0.1, 0.15) is 4.32 Å². The van der Waals surface area contributed by atoms with Crippen LogP contribution >= 0.6 is 15.9 Å². The van der Waals surface area contributed by atoms with Gasteiger partial charge in [-0.3, -0.25) is 4.79 Å². The number of nitrogens with zero attached hydrogens (tertiary/aromatic N) is 1. The quantitative estimate of drug-likeness (QED) is 0.603. The van der Waals surface area contributed by atoms with E-state index in [1.165, 1.54) is 12.8 Å². The Morgan fingerprint density at radius 3 is 2.69 bits per heavy atom. The molecule has 16 heavy (non-hydrogen) atoms. The third-order valence-electron chi connectivity index (χ3n) is 3.37. The lowest BCUT2D eigenvalue weighted by atomic mass is 9.95. The van der Waals surface area contributed by atoms with Gasteiger partial charge in [-0.1, -0.05) is 48.5 Å². The van der Waals surface area contributed by atoms with Crippen LogP contribution in [0.4, 0.5) is 0 Å². The number of rotatable bonds is 6. The Kier molecular flexibility index (Phi) is 5.25. The van der Waals surface area contributed by atoms with Gasteiger partial charge in [-0.15, -0.1) is 0 Å². The van der Waals surface area contributed by atoms with E-state index in [2.05, 4.69) is 22.9 Å². The van der Waals surface area contributed by atoms with Crippen molar-refractivity contribution in [2.75, 3.05) is 13.6 Å². The number of hydrogen-bond donors (Lipinski definition) is 1. The Morgan fingerprint density at radius 2 is 2.19 bits per heavy atom. The number of amides is 1. The van der Waals surface area contributed by atoms with Crippen molar-refractivity contribution in [1.29, 1.82) is 0 Å². The first kappa shape index (κ1) is 14.0. The minimum atomic E-state index is -0.714. The van der Waals surface area contributed by atoms with Gasteiger partial charge in [0, 0.05) is 13.6 Å². The fourth-order valence-corrected chi connectivity index (χ4v) is 2.87. The molecule has 94 valence electrons. The van der Waals surface area contributed by atoms with Gasteiger partial charge in [0.15, 0.2) is 0 Å². The standard InChI is InChI=1S/C12H22BrNO2/c1-3-4-5-6-7-10(15)12(13)8-9-14(2)11(12)16/h10,15H,3-9H2,1-2H3. The maximum absolute atomic E-state index is 11.9. The average molecular weight is 292 g/mol. The lowest BCUT2D eigenvalue weighted by Gasteiger charge is -2.26. The van der Waals surface area contributed by atoms with Crippen LogP contribution in [-0.2, 0) is 4.79 Å². The number of aliphatic hydroxyl groups is 1. The smallest absolute Gasteiger partial charge is 0.241 e. The molecule has 1 fully saturated rings. The van der Waals surface area contributed by atoms with Crippen molar-refractivity contribution in [3.63, 3.8) is 0 Å². The Bertz CT molecular complexity index is 247. The molecule has 0 aromatic heterocycles. The number of likely N-dealkylation sites (tertiary alicyclic amines) is 1. The molecule has 3 nitrogen and oxygen atoms in total. The largest absolute Gasteiger partial charge is 0.391 e. The van der Waals surface area contributed by atoms with E-state index in [0.717, 1.165) is 19.4 Å². The van der Waals surface area contributed by atoms with Gasteiger partial charge < -0.3 is 10.0 Å². The summed E-state index contributed by atoms with van der Waals surface area (Å²) in [5.41, 5.74) is 0. The van der Waals surface area contributed by atoms with E-state index in [9.17, 15) is 9.90 Å². The summed E-state index contributed by atoms with van der Waals surface area (Å²) in [4.78, 5) is 13.6. The van der Waals surface area contributed by atoms with Gasteiger partial charge in [-0.2, -0.15) is 0 Å². The van der Waals surface area contributed by atoms with Crippen molar-refractivity contribution in [1.82, 2.24) is 4.90 Å². The molecule has 0 bridgehead atoms. The molecule has 0 aromatic carbocycles. The van der Waals surface area contributed by atoms with E-state index in [0.29, 0.717) is 12.8 Å². The summed E-state index contributed by atoms with van der Waals surface area (Å²) in [5.74, 6) is 0.0236. The first-order chi connectivity index (χ1) is 7.52. The van der Waals surface area contributed by atoms with E-state index in [4.69, 9.17) is 0 Å². The van der Waals surface area contributed by atoms with Gasteiger partial charge in [0.2, 0.25) is 5.91 Å². The summed E-state index contributed by atoms with van der Waals surface area (Å²) in [6.07, 6.45) is 5.40. The predicted molar refractivity (Wildman–Crippen MR) is 68.7 cm³/mol. The molecule has 1 aliphatic rings. The molecule has 1 rings (SSSR count). The van der Waals surface area contributed by atoms with E-state index in [-0.39, 0.29) is 5.91 Å². The molecule has 0 aromatic rings. The minimum absolute atomic E-state index is 0.0236. The number of halogens is 1. The zero-order chi connectivity index (χ0) is 12.2. The second kappa shape index (κ2) is 6.01. The molecule has 0 spiro atoms. The molecule has 0 aliphatic carbocycles. The number of aliphatic hydroxyl groups excluding tert-OH is 1. The van der Waals surface area contributed by atoms with Crippen LogP contribution in [0.25, 0.3) is 0 Å². The molecule has 4 heteroatoms. The van der Waals surface area contributed by atoms with Gasteiger partial charge in [0.25, 0.3) is 0 Å². The summed E-state index contributed by atoms with van der Waals surface area (Å²) < 4.78 is -0.714. The van der Waals surface area contributed by atoms with Crippen LogP contribution in [0.2, 0.25) is 0 Å². The highest BCUT2D eigenvalue weighted by atomic mass is 79.9. The monoisotopic (exact) mass is 291 g/mol. The van der Waals surface area contributed by atoms with Crippen LogP contribution in [0.15, 0.2) is 0 Å². The number of alkyl halides is 1. The summed E-state index contributed by atoms with van der Waals surface area (Å²) in [7, 11) is 1.79. The fourth-order valence-electron chi connectivity index (χ4n) is 2.16.